The van der Waals surface area contributed by atoms with Crippen LogP contribution in [0.15, 0.2) is 51.1 Å². The first kappa shape index (κ1) is 26.2. The Balaban J connectivity index is 0.000000258. The summed E-state index contributed by atoms with van der Waals surface area (Å²) in [7, 11) is 2.89. The van der Waals surface area contributed by atoms with Crippen molar-refractivity contribution in [3.05, 3.63) is 70.5 Å². The highest BCUT2D eigenvalue weighted by Crippen LogP contribution is 2.42. The maximum Gasteiger partial charge on any atom is 0.146 e. The standard InChI is InChI=1S/C14H14F2N2S2.C9H12FNS/c1-7-3-9(15)11(17)5-13(7)19-20-14-6-12(18)10(16)4-8(14)2;1-3-12-9-5-8(11)7(10)4-6(9)2/h3-6H,17-18H2,1-2H3;4-5H,3,11H2,1-2H3. The summed E-state index contributed by atoms with van der Waals surface area (Å²) in [6.45, 7) is 7.58. The van der Waals surface area contributed by atoms with Crippen LogP contribution in [0.2, 0.25) is 0 Å². The fourth-order valence-corrected chi connectivity index (χ4v) is 5.92. The molecule has 0 spiro atoms. The predicted molar refractivity (Wildman–Crippen MR) is 135 cm³/mol. The van der Waals surface area contributed by atoms with Gasteiger partial charge >= 0.3 is 0 Å². The Labute approximate surface area is 199 Å². The van der Waals surface area contributed by atoms with Crippen molar-refractivity contribution in [1.29, 1.82) is 0 Å². The van der Waals surface area contributed by atoms with E-state index in [2.05, 4.69) is 6.92 Å². The molecule has 0 atom stereocenters. The first-order valence-electron chi connectivity index (χ1n) is 9.67. The second kappa shape index (κ2) is 11.7. The van der Waals surface area contributed by atoms with E-state index < -0.39 is 11.6 Å². The highest BCUT2D eigenvalue weighted by Gasteiger charge is 2.10. The number of hydrogen-bond acceptors (Lipinski definition) is 6. The molecule has 3 aromatic carbocycles. The average molecular weight is 498 g/mol. The number of anilines is 3. The molecule has 0 aliphatic carbocycles. The van der Waals surface area contributed by atoms with Crippen LogP contribution in [0.1, 0.15) is 23.6 Å². The number of nitrogens with two attached hydrogens (primary N) is 3. The molecule has 0 heterocycles. The molecule has 0 radical (unpaired) electrons. The van der Waals surface area contributed by atoms with Gasteiger partial charge in [0, 0.05) is 14.7 Å². The Morgan fingerprint density at radius 2 is 0.906 bits per heavy atom. The van der Waals surface area contributed by atoms with E-state index in [4.69, 9.17) is 17.2 Å². The van der Waals surface area contributed by atoms with Gasteiger partial charge in [0.15, 0.2) is 0 Å². The van der Waals surface area contributed by atoms with E-state index >= 15 is 0 Å². The zero-order valence-corrected chi connectivity index (χ0v) is 20.7. The molecule has 0 aromatic heterocycles. The van der Waals surface area contributed by atoms with Crippen LogP contribution >= 0.6 is 33.3 Å². The van der Waals surface area contributed by atoms with E-state index in [1.165, 1.54) is 39.8 Å². The number of hydrogen-bond donors (Lipinski definition) is 3. The molecule has 0 fully saturated rings. The Morgan fingerprint density at radius 3 is 1.25 bits per heavy atom. The van der Waals surface area contributed by atoms with E-state index in [1.54, 1.807) is 30.0 Å². The topological polar surface area (TPSA) is 78.1 Å². The molecule has 0 saturated carbocycles. The Bertz CT molecular complexity index is 1050. The largest absolute Gasteiger partial charge is 0.396 e. The fraction of sp³-hybridized carbons (Fsp3) is 0.217. The third-order valence-electron chi connectivity index (χ3n) is 4.40. The summed E-state index contributed by atoms with van der Waals surface area (Å²) in [4.78, 5) is 2.81. The van der Waals surface area contributed by atoms with Crippen LogP contribution in [-0.2, 0) is 0 Å². The number of rotatable bonds is 5. The van der Waals surface area contributed by atoms with Crippen molar-refractivity contribution < 1.29 is 13.2 Å². The summed E-state index contributed by atoms with van der Waals surface area (Å²) in [6.07, 6.45) is 0. The van der Waals surface area contributed by atoms with Gasteiger partial charge in [-0.3, -0.25) is 0 Å². The second-order valence-corrected chi connectivity index (χ2v) is 10.5. The quantitative estimate of drug-likeness (QED) is 0.194. The van der Waals surface area contributed by atoms with Gasteiger partial charge in [0.05, 0.1) is 17.1 Å². The van der Waals surface area contributed by atoms with Crippen molar-refractivity contribution in [1.82, 2.24) is 0 Å². The van der Waals surface area contributed by atoms with E-state index in [-0.39, 0.29) is 22.9 Å². The minimum atomic E-state index is -0.418. The van der Waals surface area contributed by atoms with Gasteiger partial charge in [-0.15, -0.1) is 11.8 Å². The highest BCUT2D eigenvalue weighted by atomic mass is 33.1. The number of halogens is 3. The van der Waals surface area contributed by atoms with Crippen LogP contribution in [0.4, 0.5) is 30.2 Å². The fourth-order valence-electron chi connectivity index (χ4n) is 2.59. The maximum absolute atomic E-state index is 13.3. The lowest BCUT2D eigenvalue weighted by Crippen LogP contribution is -1.93. The maximum atomic E-state index is 13.3. The first-order chi connectivity index (χ1) is 15.0. The number of nitrogen functional groups attached to an aromatic ring is 3. The number of benzene rings is 3. The van der Waals surface area contributed by atoms with Gasteiger partial charge in [0.25, 0.3) is 0 Å². The summed E-state index contributed by atoms with van der Waals surface area (Å²) in [6, 6.07) is 9.19. The molecule has 32 heavy (non-hydrogen) atoms. The van der Waals surface area contributed by atoms with Gasteiger partial charge in [0.1, 0.15) is 17.5 Å². The third-order valence-corrected chi connectivity index (χ3v) is 8.09. The van der Waals surface area contributed by atoms with E-state index in [9.17, 15) is 13.2 Å². The van der Waals surface area contributed by atoms with E-state index in [1.807, 2.05) is 20.8 Å². The summed E-state index contributed by atoms with van der Waals surface area (Å²) in [5, 5.41) is 0. The Morgan fingerprint density at radius 1 is 0.594 bits per heavy atom. The smallest absolute Gasteiger partial charge is 0.146 e. The molecule has 6 N–H and O–H groups in total. The molecule has 3 aromatic rings. The molecule has 0 bridgehead atoms. The monoisotopic (exact) mass is 497 g/mol. The molecule has 0 aliphatic heterocycles. The normalized spacial score (nSPS) is 10.6. The van der Waals surface area contributed by atoms with Crippen LogP contribution in [0, 0.1) is 38.2 Å². The SMILES string of the molecule is CCSc1cc(N)c(F)cc1C.Cc1cc(F)c(N)cc1SSc1cc(N)c(F)cc1C. The van der Waals surface area contributed by atoms with Crippen LogP contribution in [0.25, 0.3) is 0 Å². The van der Waals surface area contributed by atoms with Crippen molar-refractivity contribution >= 4 is 50.4 Å². The molecule has 3 nitrogen and oxygen atoms in total. The Kier molecular flexibility index (Phi) is 9.54. The number of thioether (sulfide) groups is 1. The van der Waals surface area contributed by atoms with Crippen LogP contribution in [0.3, 0.4) is 0 Å². The highest BCUT2D eigenvalue weighted by molar-refractivity contribution is 8.76. The molecule has 0 amide bonds. The van der Waals surface area contributed by atoms with Gasteiger partial charge in [-0.1, -0.05) is 28.5 Å². The third kappa shape index (κ3) is 6.95. The minimum Gasteiger partial charge on any atom is -0.396 e. The van der Waals surface area contributed by atoms with Crippen LogP contribution in [-0.4, -0.2) is 5.75 Å². The zero-order valence-electron chi connectivity index (χ0n) is 18.3. The Hall–Kier alpha value is -2.10. The number of aryl methyl sites for hydroxylation is 3. The molecule has 0 saturated heterocycles. The zero-order chi connectivity index (χ0) is 24.0. The van der Waals surface area contributed by atoms with Gasteiger partial charge in [-0.25, -0.2) is 13.2 Å². The molecular formula is C23H26F3N3S3. The summed E-state index contributed by atoms with van der Waals surface area (Å²) in [5.74, 6) is -0.183. The van der Waals surface area contributed by atoms with Gasteiger partial charge in [-0.2, -0.15) is 0 Å². The van der Waals surface area contributed by atoms with Crippen molar-refractivity contribution in [2.24, 2.45) is 0 Å². The van der Waals surface area contributed by atoms with E-state index in [0.717, 1.165) is 37.1 Å². The molecule has 9 heteroatoms. The van der Waals surface area contributed by atoms with Gasteiger partial charge in [-0.05, 0) is 79.6 Å². The molecule has 3 rings (SSSR count). The lowest BCUT2D eigenvalue weighted by Gasteiger charge is -2.09. The van der Waals surface area contributed by atoms with Crippen molar-refractivity contribution in [2.75, 3.05) is 23.0 Å². The molecule has 0 unspecified atom stereocenters. The van der Waals surface area contributed by atoms with Crippen LogP contribution < -0.4 is 17.2 Å². The van der Waals surface area contributed by atoms with Crippen LogP contribution in [0.5, 0.6) is 0 Å². The second-order valence-electron chi connectivity index (χ2n) is 7.02. The summed E-state index contributed by atoms with van der Waals surface area (Å²) < 4.78 is 39.4. The van der Waals surface area contributed by atoms with Gasteiger partial charge in [0.2, 0.25) is 0 Å². The van der Waals surface area contributed by atoms with Crippen molar-refractivity contribution in [3.63, 3.8) is 0 Å². The molecule has 0 aliphatic rings. The predicted octanol–water partition coefficient (Wildman–Crippen LogP) is 7.37. The molecule has 172 valence electrons. The van der Waals surface area contributed by atoms with E-state index in [0.29, 0.717) is 0 Å². The summed E-state index contributed by atoms with van der Waals surface area (Å²) >= 11 is 1.68. The van der Waals surface area contributed by atoms with Gasteiger partial charge < -0.3 is 17.2 Å². The average Bonchev–Trinajstić information content (AvgIpc) is 2.72. The first-order valence-corrected chi connectivity index (χ1v) is 12.8. The lowest BCUT2D eigenvalue weighted by atomic mass is 10.2. The lowest BCUT2D eigenvalue weighted by molar-refractivity contribution is 0.629. The molecular weight excluding hydrogens is 471 g/mol. The summed E-state index contributed by atoms with van der Waals surface area (Å²) in [5.41, 5.74) is 19.6. The minimum absolute atomic E-state index is 0.119. The van der Waals surface area contributed by atoms with Crippen molar-refractivity contribution in [2.45, 2.75) is 42.4 Å². The van der Waals surface area contributed by atoms with Crippen molar-refractivity contribution in [3.8, 4) is 0 Å².